The van der Waals surface area contributed by atoms with Gasteiger partial charge in [-0.1, -0.05) is 0 Å². The zero-order chi connectivity index (χ0) is 13.3. The molecule has 18 heavy (non-hydrogen) atoms. The second-order valence-corrected chi connectivity index (χ2v) is 6.69. The Morgan fingerprint density at radius 3 is 2.78 bits per heavy atom. The SMILES string of the molecule is CN1CC(=O)c2c(ccn2CCCCCl)S1(=O)=O. The van der Waals surface area contributed by atoms with Crippen LogP contribution in [-0.2, 0) is 16.6 Å². The summed E-state index contributed by atoms with van der Waals surface area (Å²) in [6, 6.07) is 1.50. The Labute approximate surface area is 111 Å². The summed E-state index contributed by atoms with van der Waals surface area (Å²) in [5, 5.41) is 0. The molecule has 0 aromatic carbocycles. The summed E-state index contributed by atoms with van der Waals surface area (Å²) in [6.45, 7) is 0.530. The number of Topliss-reactive ketones (excluding diaryl/α,β-unsaturated/α-hetero) is 1. The number of rotatable bonds is 4. The smallest absolute Gasteiger partial charge is 0.245 e. The van der Waals surface area contributed by atoms with Gasteiger partial charge in [0.15, 0.2) is 5.78 Å². The van der Waals surface area contributed by atoms with Gasteiger partial charge in [-0.25, -0.2) is 8.42 Å². The summed E-state index contributed by atoms with van der Waals surface area (Å²) in [5.74, 6) is 0.413. The van der Waals surface area contributed by atoms with Gasteiger partial charge in [0.2, 0.25) is 10.0 Å². The molecule has 1 aliphatic rings. The number of carbonyl (C=O) groups excluding carboxylic acids is 1. The van der Waals surface area contributed by atoms with E-state index in [0.717, 1.165) is 17.1 Å². The molecule has 0 radical (unpaired) electrons. The Morgan fingerprint density at radius 2 is 2.11 bits per heavy atom. The van der Waals surface area contributed by atoms with Gasteiger partial charge in [-0.3, -0.25) is 4.79 Å². The van der Waals surface area contributed by atoms with Gasteiger partial charge in [-0.15, -0.1) is 11.6 Å². The number of carbonyl (C=O) groups is 1. The Kier molecular flexibility index (Phi) is 3.79. The van der Waals surface area contributed by atoms with E-state index in [9.17, 15) is 13.2 Å². The molecular weight excluding hydrogens is 276 g/mol. The van der Waals surface area contributed by atoms with Gasteiger partial charge in [0, 0.05) is 25.7 Å². The lowest BCUT2D eigenvalue weighted by Crippen LogP contribution is -2.38. The monoisotopic (exact) mass is 290 g/mol. The predicted octanol–water partition coefficient (Wildman–Crippen LogP) is 1.32. The normalized spacial score (nSPS) is 18.9. The van der Waals surface area contributed by atoms with E-state index in [-0.39, 0.29) is 17.2 Å². The molecule has 1 aliphatic heterocycles. The first-order valence-corrected chi connectivity index (χ1v) is 7.70. The molecule has 2 rings (SSSR count). The highest BCUT2D eigenvalue weighted by Crippen LogP contribution is 2.26. The molecule has 0 fully saturated rings. The molecule has 0 amide bonds. The van der Waals surface area contributed by atoms with E-state index in [1.807, 2.05) is 0 Å². The van der Waals surface area contributed by atoms with Crippen LogP contribution in [0.2, 0.25) is 0 Å². The minimum atomic E-state index is -3.50. The highest BCUT2D eigenvalue weighted by atomic mass is 35.5. The number of hydrogen-bond acceptors (Lipinski definition) is 3. The molecule has 7 heteroatoms. The van der Waals surface area contributed by atoms with Crippen LogP contribution in [0.4, 0.5) is 0 Å². The number of alkyl halides is 1. The highest BCUT2D eigenvalue weighted by molar-refractivity contribution is 7.89. The molecule has 5 nitrogen and oxygen atoms in total. The number of likely N-dealkylation sites (N-methyl/N-ethyl adjacent to an activating group) is 1. The number of fused-ring (bicyclic) bond motifs is 1. The van der Waals surface area contributed by atoms with Crippen LogP contribution >= 0.6 is 11.6 Å². The first kappa shape index (κ1) is 13.6. The van der Waals surface area contributed by atoms with Crippen molar-refractivity contribution in [1.29, 1.82) is 0 Å². The molecule has 0 bridgehead atoms. The van der Waals surface area contributed by atoms with Crippen molar-refractivity contribution in [3.8, 4) is 0 Å². The molecule has 0 N–H and O–H groups in total. The van der Waals surface area contributed by atoms with Gasteiger partial charge in [0.1, 0.15) is 10.6 Å². The standard InChI is InChI=1S/C11H15ClN2O3S/c1-13-8-9(15)11-10(18(13,16)17)4-7-14(11)6-3-2-5-12/h4,7H,2-3,5-6,8H2,1H3. The summed E-state index contributed by atoms with van der Waals surface area (Å²) in [5.41, 5.74) is 0.308. The molecule has 1 aromatic rings. The van der Waals surface area contributed by atoms with Crippen LogP contribution in [0.15, 0.2) is 17.2 Å². The minimum absolute atomic E-state index is 0.0884. The molecule has 0 atom stereocenters. The fourth-order valence-corrected chi connectivity index (χ4v) is 3.57. The summed E-state index contributed by atoms with van der Waals surface area (Å²) >= 11 is 5.60. The van der Waals surface area contributed by atoms with E-state index >= 15 is 0 Å². The summed E-state index contributed by atoms with van der Waals surface area (Å²) in [6.07, 6.45) is 3.33. The van der Waals surface area contributed by atoms with Crippen LogP contribution in [0.25, 0.3) is 0 Å². The van der Waals surface area contributed by atoms with Crippen molar-refractivity contribution in [2.24, 2.45) is 0 Å². The van der Waals surface area contributed by atoms with Crippen molar-refractivity contribution in [1.82, 2.24) is 8.87 Å². The van der Waals surface area contributed by atoms with Crippen LogP contribution in [0.5, 0.6) is 0 Å². The Balaban J connectivity index is 2.37. The lowest BCUT2D eigenvalue weighted by atomic mass is 10.2. The van der Waals surface area contributed by atoms with E-state index < -0.39 is 10.0 Å². The van der Waals surface area contributed by atoms with Crippen molar-refractivity contribution >= 4 is 27.4 Å². The third-order valence-corrected chi connectivity index (χ3v) is 5.13. The van der Waals surface area contributed by atoms with Crippen molar-refractivity contribution in [2.45, 2.75) is 24.3 Å². The van der Waals surface area contributed by atoms with Crippen LogP contribution in [0.3, 0.4) is 0 Å². The molecule has 0 spiro atoms. The van der Waals surface area contributed by atoms with E-state index in [1.54, 1.807) is 10.8 Å². The molecular formula is C11H15ClN2O3S. The zero-order valence-electron chi connectivity index (χ0n) is 10.1. The molecule has 0 saturated heterocycles. The van der Waals surface area contributed by atoms with Crippen molar-refractivity contribution in [3.05, 3.63) is 18.0 Å². The maximum absolute atomic E-state index is 12.0. The molecule has 0 aliphatic carbocycles. The number of ketones is 1. The molecule has 0 saturated carbocycles. The molecule has 2 heterocycles. The topological polar surface area (TPSA) is 59.4 Å². The number of hydrogen-bond donors (Lipinski definition) is 0. The van der Waals surface area contributed by atoms with Gasteiger partial charge in [0.25, 0.3) is 0 Å². The fourth-order valence-electron chi connectivity index (χ4n) is 2.05. The first-order valence-electron chi connectivity index (χ1n) is 5.73. The quantitative estimate of drug-likeness (QED) is 0.621. The summed E-state index contributed by atoms with van der Waals surface area (Å²) in [7, 11) is -2.08. The average molecular weight is 291 g/mol. The second kappa shape index (κ2) is 5.03. The number of aromatic nitrogens is 1. The van der Waals surface area contributed by atoms with Gasteiger partial charge in [-0.05, 0) is 18.9 Å². The first-order chi connectivity index (χ1) is 8.48. The number of aryl methyl sites for hydroxylation is 1. The summed E-state index contributed by atoms with van der Waals surface area (Å²) in [4.78, 5) is 12.1. The molecule has 100 valence electrons. The van der Waals surface area contributed by atoms with Crippen molar-refractivity contribution in [3.63, 3.8) is 0 Å². The number of unbranched alkanes of at least 4 members (excludes halogenated alkanes) is 1. The third-order valence-electron chi connectivity index (χ3n) is 3.03. The largest absolute Gasteiger partial charge is 0.344 e. The molecule has 0 unspecified atom stereocenters. The number of halogens is 1. The van der Waals surface area contributed by atoms with Gasteiger partial charge in [0.05, 0.1) is 6.54 Å². The van der Waals surface area contributed by atoms with Crippen LogP contribution in [0, 0.1) is 0 Å². The van der Waals surface area contributed by atoms with E-state index in [0.29, 0.717) is 18.1 Å². The maximum Gasteiger partial charge on any atom is 0.245 e. The van der Waals surface area contributed by atoms with Gasteiger partial charge < -0.3 is 4.57 Å². The van der Waals surface area contributed by atoms with E-state index in [4.69, 9.17) is 11.6 Å². The van der Waals surface area contributed by atoms with E-state index in [1.165, 1.54) is 13.1 Å². The Morgan fingerprint density at radius 1 is 1.39 bits per heavy atom. The summed E-state index contributed by atoms with van der Waals surface area (Å²) < 4.78 is 26.9. The number of nitrogens with zero attached hydrogens (tertiary/aromatic N) is 2. The molecule has 1 aromatic heterocycles. The van der Waals surface area contributed by atoms with Crippen LogP contribution in [-0.4, -0.2) is 42.5 Å². The van der Waals surface area contributed by atoms with Gasteiger partial charge >= 0.3 is 0 Å². The minimum Gasteiger partial charge on any atom is -0.344 e. The lowest BCUT2D eigenvalue weighted by Gasteiger charge is -2.22. The van der Waals surface area contributed by atoms with Crippen molar-refractivity contribution < 1.29 is 13.2 Å². The average Bonchev–Trinajstić information content (AvgIpc) is 2.72. The fraction of sp³-hybridized carbons (Fsp3) is 0.545. The maximum atomic E-state index is 12.0. The van der Waals surface area contributed by atoms with E-state index in [2.05, 4.69) is 0 Å². The highest BCUT2D eigenvalue weighted by Gasteiger charge is 2.35. The van der Waals surface area contributed by atoms with Crippen molar-refractivity contribution in [2.75, 3.05) is 19.5 Å². The Bertz CT molecular complexity index is 565. The number of sulfonamides is 1. The van der Waals surface area contributed by atoms with Crippen LogP contribution < -0.4 is 0 Å². The zero-order valence-corrected chi connectivity index (χ0v) is 11.7. The van der Waals surface area contributed by atoms with Crippen LogP contribution in [0.1, 0.15) is 23.3 Å². The third kappa shape index (κ3) is 2.20. The van der Waals surface area contributed by atoms with Gasteiger partial charge in [-0.2, -0.15) is 4.31 Å². The Hall–Kier alpha value is -0.850. The lowest BCUT2D eigenvalue weighted by molar-refractivity contribution is 0.0953. The predicted molar refractivity (Wildman–Crippen MR) is 68.5 cm³/mol. The second-order valence-electron chi connectivity index (χ2n) is 4.30.